The van der Waals surface area contributed by atoms with Crippen LogP contribution in [0.3, 0.4) is 0 Å². The number of fused-ring (bicyclic) bond motifs is 1. The normalized spacial score (nSPS) is 32.3. The Bertz CT molecular complexity index is 683. The van der Waals surface area contributed by atoms with Gasteiger partial charge in [0.05, 0.1) is 31.1 Å². The lowest BCUT2D eigenvalue weighted by molar-refractivity contribution is -0.128. The predicted octanol–water partition coefficient (Wildman–Crippen LogP) is 2.35. The second-order valence-electron chi connectivity index (χ2n) is 8.03. The van der Waals surface area contributed by atoms with Gasteiger partial charge < -0.3 is 19.3 Å². The van der Waals surface area contributed by atoms with Crippen LogP contribution >= 0.6 is 11.8 Å². The molecule has 3 aliphatic heterocycles. The zero-order valence-corrected chi connectivity index (χ0v) is 16.6. The summed E-state index contributed by atoms with van der Waals surface area (Å²) in [6.07, 6.45) is 2.65. The van der Waals surface area contributed by atoms with E-state index in [0.29, 0.717) is 23.7 Å². The molecular formula is C20H28N2O3S. The summed E-state index contributed by atoms with van der Waals surface area (Å²) >= 11 is 1.58. The molecule has 3 fully saturated rings. The molecule has 142 valence electrons. The number of likely N-dealkylation sites (tertiary alicyclic amines) is 1. The predicted molar refractivity (Wildman–Crippen MR) is 103 cm³/mol. The van der Waals surface area contributed by atoms with E-state index in [2.05, 4.69) is 19.0 Å². The highest BCUT2D eigenvalue weighted by molar-refractivity contribution is 8.00. The van der Waals surface area contributed by atoms with Crippen LogP contribution in [0.4, 0.5) is 0 Å². The molecule has 1 amide bonds. The average Bonchev–Trinajstić information content (AvgIpc) is 3.29. The summed E-state index contributed by atoms with van der Waals surface area (Å²) in [6, 6.07) is 7.89. The number of hydrogen-bond donors (Lipinski definition) is 0. The van der Waals surface area contributed by atoms with Crippen LogP contribution in [0.5, 0.6) is 5.75 Å². The average molecular weight is 377 g/mol. The van der Waals surface area contributed by atoms with Crippen molar-refractivity contribution in [1.82, 2.24) is 9.80 Å². The fourth-order valence-corrected chi connectivity index (χ4v) is 5.82. The van der Waals surface area contributed by atoms with Crippen molar-refractivity contribution in [2.45, 2.75) is 29.4 Å². The van der Waals surface area contributed by atoms with E-state index in [-0.39, 0.29) is 11.5 Å². The first kappa shape index (κ1) is 18.1. The molecule has 0 N–H and O–H groups in total. The molecule has 5 nitrogen and oxygen atoms in total. The number of carbonyl (C=O) groups is 1. The van der Waals surface area contributed by atoms with Crippen LogP contribution in [-0.4, -0.2) is 74.0 Å². The molecule has 0 radical (unpaired) electrons. The lowest BCUT2D eigenvalue weighted by Gasteiger charge is -2.30. The molecular weight excluding hydrogens is 348 g/mol. The van der Waals surface area contributed by atoms with Crippen LogP contribution in [-0.2, 0) is 9.53 Å². The van der Waals surface area contributed by atoms with Gasteiger partial charge in [0, 0.05) is 29.8 Å². The molecule has 1 spiro atoms. The first-order chi connectivity index (χ1) is 12.5. The quantitative estimate of drug-likeness (QED) is 0.713. The Kier molecular flexibility index (Phi) is 4.92. The number of carbonyl (C=O) groups excluding carboxylic acids is 1. The van der Waals surface area contributed by atoms with Crippen LogP contribution in [0.2, 0.25) is 0 Å². The summed E-state index contributed by atoms with van der Waals surface area (Å²) in [4.78, 5) is 18.2. The summed E-state index contributed by atoms with van der Waals surface area (Å²) in [6.45, 7) is 2.68. The fourth-order valence-electron chi connectivity index (χ4n) is 4.97. The van der Waals surface area contributed by atoms with Crippen LogP contribution in [0, 0.1) is 11.8 Å². The number of ether oxygens (including phenoxy) is 2. The molecule has 26 heavy (non-hydrogen) atoms. The second kappa shape index (κ2) is 7.06. The monoisotopic (exact) mass is 376 g/mol. The van der Waals surface area contributed by atoms with Crippen molar-refractivity contribution in [1.29, 1.82) is 0 Å². The van der Waals surface area contributed by atoms with E-state index in [0.717, 1.165) is 43.1 Å². The molecule has 0 aromatic heterocycles. The number of benzene rings is 1. The standard InChI is InChI=1S/C20H28N2O3S/c1-21(2)10-16-17-11-22(13-20(17)8-7-18(16)25-20)19(23)12-26-15-6-4-5-14(9-15)24-3/h4-6,9,16-18H,7-8,10-13H2,1-3H3/t16-,17+,18+,20+/m0/s1. The van der Waals surface area contributed by atoms with Crippen LogP contribution in [0.25, 0.3) is 0 Å². The van der Waals surface area contributed by atoms with E-state index in [9.17, 15) is 4.79 Å². The van der Waals surface area contributed by atoms with Gasteiger partial charge in [0.2, 0.25) is 5.91 Å². The molecule has 4 atom stereocenters. The molecule has 3 aliphatic rings. The van der Waals surface area contributed by atoms with Crippen molar-refractivity contribution in [3.8, 4) is 5.75 Å². The van der Waals surface area contributed by atoms with Crippen molar-refractivity contribution in [3.05, 3.63) is 24.3 Å². The van der Waals surface area contributed by atoms with E-state index in [1.807, 2.05) is 29.2 Å². The van der Waals surface area contributed by atoms with E-state index in [1.54, 1.807) is 18.9 Å². The number of nitrogens with zero attached hydrogens (tertiary/aromatic N) is 2. The van der Waals surface area contributed by atoms with Gasteiger partial charge in [-0.05, 0) is 45.1 Å². The molecule has 3 saturated heterocycles. The molecule has 4 rings (SSSR count). The SMILES string of the molecule is COc1cccc(SCC(=O)N2C[C@@H]3[C@H](CN(C)C)[C@H]4CC[C@]3(C2)O4)c1. The van der Waals surface area contributed by atoms with Gasteiger partial charge in [0.15, 0.2) is 0 Å². The van der Waals surface area contributed by atoms with Gasteiger partial charge in [-0.1, -0.05) is 6.07 Å². The number of methoxy groups -OCH3 is 1. The molecule has 3 heterocycles. The highest BCUT2D eigenvalue weighted by Crippen LogP contribution is 2.55. The van der Waals surface area contributed by atoms with E-state index >= 15 is 0 Å². The Balaban J connectivity index is 1.38. The molecule has 1 aromatic carbocycles. The van der Waals surface area contributed by atoms with Crippen molar-refractivity contribution in [3.63, 3.8) is 0 Å². The summed E-state index contributed by atoms with van der Waals surface area (Å²) in [5, 5.41) is 0. The van der Waals surface area contributed by atoms with E-state index < -0.39 is 0 Å². The third kappa shape index (κ3) is 3.23. The molecule has 6 heteroatoms. The maximum absolute atomic E-state index is 12.8. The minimum Gasteiger partial charge on any atom is -0.497 e. The zero-order valence-electron chi connectivity index (χ0n) is 15.8. The minimum absolute atomic E-state index is 0.0678. The number of hydrogen-bond acceptors (Lipinski definition) is 5. The summed E-state index contributed by atoms with van der Waals surface area (Å²) in [7, 11) is 5.92. The highest BCUT2D eigenvalue weighted by atomic mass is 32.2. The highest BCUT2D eigenvalue weighted by Gasteiger charge is 2.63. The van der Waals surface area contributed by atoms with Crippen molar-refractivity contribution in [2.24, 2.45) is 11.8 Å². The van der Waals surface area contributed by atoms with Gasteiger partial charge in [-0.2, -0.15) is 0 Å². The van der Waals surface area contributed by atoms with Crippen molar-refractivity contribution < 1.29 is 14.3 Å². The molecule has 0 aliphatic carbocycles. The maximum atomic E-state index is 12.8. The molecule has 1 aromatic rings. The Hall–Kier alpha value is -1.24. The first-order valence-corrected chi connectivity index (χ1v) is 10.4. The van der Waals surface area contributed by atoms with Gasteiger partial charge in [-0.3, -0.25) is 4.79 Å². The van der Waals surface area contributed by atoms with Gasteiger partial charge in [0.1, 0.15) is 5.75 Å². The van der Waals surface area contributed by atoms with Gasteiger partial charge in [-0.25, -0.2) is 0 Å². The lowest BCUT2D eigenvalue weighted by atomic mass is 9.73. The van der Waals surface area contributed by atoms with E-state index in [4.69, 9.17) is 9.47 Å². The number of rotatable bonds is 6. The Morgan fingerprint density at radius 3 is 3.08 bits per heavy atom. The van der Waals surface area contributed by atoms with Gasteiger partial charge in [0.25, 0.3) is 0 Å². The molecule has 0 saturated carbocycles. The van der Waals surface area contributed by atoms with Gasteiger partial charge in [-0.15, -0.1) is 11.8 Å². The minimum atomic E-state index is -0.0678. The van der Waals surface area contributed by atoms with Crippen LogP contribution < -0.4 is 4.74 Å². The topological polar surface area (TPSA) is 42.0 Å². The first-order valence-electron chi connectivity index (χ1n) is 9.38. The third-order valence-electron chi connectivity index (χ3n) is 6.12. The zero-order chi connectivity index (χ0) is 18.3. The fraction of sp³-hybridized carbons (Fsp3) is 0.650. The lowest BCUT2D eigenvalue weighted by Crippen LogP contribution is -2.40. The molecule has 0 unspecified atom stereocenters. The number of thioether (sulfide) groups is 1. The smallest absolute Gasteiger partial charge is 0.233 e. The second-order valence-corrected chi connectivity index (χ2v) is 9.08. The summed E-state index contributed by atoms with van der Waals surface area (Å²) in [5.74, 6) is 2.57. The Morgan fingerprint density at radius 2 is 2.31 bits per heavy atom. The largest absolute Gasteiger partial charge is 0.497 e. The third-order valence-corrected chi connectivity index (χ3v) is 7.09. The number of amides is 1. The van der Waals surface area contributed by atoms with Crippen LogP contribution in [0.1, 0.15) is 12.8 Å². The van der Waals surface area contributed by atoms with Crippen molar-refractivity contribution in [2.75, 3.05) is 46.6 Å². The molecule has 2 bridgehead atoms. The van der Waals surface area contributed by atoms with Crippen LogP contribution in [0.15, 0.2) is 29.2 Å². The maximum Gasteiger partial charge on any atom is 0.233 e. The summed E-state index contributed by atoms with van der Waals surface area (Å²) in [5.41, 5.74) is -0.0678. The Morgan fingerprint density at radius 1 is 1.46 bits per heavy atom. The van der Waals surface area contributed by atoms with Gasteiger partial charge >= 0.3 is 0 Å². The summed E-state index contributed by atoms with van der Waals surface area (Å²) < 4.78 is 11.7. The van der Waals surface area contributed by atoms with E-state index in [1.165, 1.54) is 0 Å². The van der Waals surface area contributed by atoms with Crippen molar-refractivity contribution >= 4 is 17.7 Å². The Labute approximate surface area is 160 Å².